The van der Waals surface area contributed by atoms with Gasteiger partial charge in [0.25, 0.3) is 0 Å². The van der Waals surface area contributed by atoms with Gasteiger partial charge in [-0.1, -0.05) is 42.5 Å². The molecule has 0 atom stereocenters. The van der Waals surface area contributed by atoms with Crippen LogP contribution in [-0.2, 0) is 6.61 Å². The standard InChI is InChI=1S/C27H20FNO2/c1-30-24-13-8-20(9-14-24)22(17-29)16-26-25-5-3-2-4-21(25)10-15-27(26)31-18-19-6-11-23(28)12-7-19/h2-16H,18H2,1H3/b22-16+. The predicted molar refractivity (Wildman–Crippen MR) is 121 cm³/mol. The molecule has 152 valence electrons. The predicted octanol–water partition coefficient (Wildman–Crippen LogP) is 6.63. The number of benzene rings is 4. The molecule has 0 spiro atoms. The first kappa shape index (κ1) is 20.2. The summed E-state index contributed by atoms with van der Waals surface area (Å²) in [5, 5.41) is 11.9. The summed E-state index contributed by atoms with van der Waals surface area (Å²) in [6.07, 6.45) is 1.85. The molecule has 0 saturated carbocycles. The molecule has 0 unspecified atom stereocenters. The third kappa shape index (κ3) is 4.57. The summed E-state index contributed by atoms with van der Waals surface area (Å²) in [7, 11) is 1.61. The molecular weight excluding hydrogens is 389 g/mol. The second-order valence-corrected chi connectivity index (χ2v) is 7.01. The molecule has 0 radical (unpaired) electrons. The van der Waals surface area contributed by atoms with Gasteiger partial charge in [-0.05, 0) is 70.4 Å². The van der Waals surface area contributed by atoms with Crippen molar-refractivity contribution in [3.63, 3.8) is 0 Å². The van der Waals surface area contributed by atoms with Gasteiger partial charge in [0.2, 0.25) is 0 Å². The largest absolute Gasteiger partial charge is 0.497 e. The van der Waals surface area contributed by atoms with E-state index in [0.29, 0.717) is 17.9 Å². The Balaban J connectivity index is 1.76. The number of nitrogens with zero attached hydrogens (tertiary/aromatic N) is 1. The van der Waals surface area contributed by atoms with Crippen molar-refractivity contribution in [1.29, 1.82) is 5.26 Å². The van der Waals surface area contributed by atoms with Crippen LogP contribution >= 0.6 is 0 Å². The zero-order valence-electron chi connectivity index (χ0n) is 17.0. The Labute approximate surface area is 180 Å². The molecule has 31 heavy (non-hydrogen) atoms. The molecule has 0 heterocycles. The minimum atomic E-state index is -0.281. The number of fused-ring (bicyclic) bond motifs is 1. The summed E-state index contributed by atoms with van der Waals surface area (Å²) in [4.78, 5) is 0. The van der Waals surface area contributed by atoms with Crippen LogP contribution in [0.15, 0.2) is 84.9 Å². The van der Waals surface area contributed by atoms with Crippen LogP contribution in [0, 0.1) is 17.1 Å². The number of rotatable bonds is 6. The summed E-state index contributed by atoms with van der Waals surface area (Å²) in [5.74, 6) is 1.11. The van der Waals surface area contributed by atoms with Crippen molar-refractivity contribution < 1.29 is 13.9 Å². The van der Waals surface area contributed by atoms with E-state index in [1.54, 1.807) is 19.2 Å². The lowest BCUT2D eigenvalue weighted by Crippen LogP contribution is -1.98. The van der Waals surface area contributed by atoms with Gasteiger partial charge in [-0.3, -0.25) is 0 Å². The Morgan fingerprint density at radius 2 is 1.68 bits per heavy atom. The SMILES string of the molecule is COc1ccc(/C(C#N)=C/c2c(OCc3ccc(F)cc3)ccc3ccccc23)cc1. The van der Waals surface area contributed by atoms with Crippen LogP contribution in [0.3, 0.4) is 0 Å². The molecule has 0 N–H and O–H groups in total. The lowest BCUT2D eigenvalue weighted by atomic mass is 9.98. The molecule has 0 aliphatic rings. The molecule has 0 aliphatic heterocycles. The van der Waals surface area contributed by atoms with Crippen molar-refractivity contribution in [3.05, 3.63) is 107 Å². The monoisotopic (exact) mass is 409 g/mol. The maximum atomic E-state index is 13.2. The quantitative estimate of drug-likeness (QED) is 0.265. The maximum absolute atomic E-state index is 13.2. The fraction of sp³-hybridized carbons (Fsp3) is 0.0741. The van der Waals surface area contributed by atoms with E-state index < -0.39 is 0 Å². The van der Waals surface area contributed by atoms with E-state index >= 15 is 0 Å². The minimum absolute atomic E-state index is 0.281. The number of allylic oxidation sites excluding steroid dienone is 1. The van der Waals surface area contributed by atoms with E-state index in [4.69, 9.17) is 9.47 Å². The van der Waals surface area contributed by atoms with Gasteiger partial charge < -0.3 is 9.47 Å². The second kappa shape index (κ2) is 9.15. The van der Waals surface area contributed by atoms with E-state index in [9.17, 15) is 9.65 Å². The fourth-order valence-corrected chi connectivity index (χ4v) is 3.39. The van der Waals surface area contributed by atoms with Gasteiger partial charge >= 0.3 is 0 Å². The highest BCUT2D eigenvalue weighted by atomic mass is 19.1. The Morgan fingerprint density at radius 1 is 0.935 bits per heavy atom. The van der Waals surface area contributed by atoms with Gasteiger partial charge in [-0.15, -0.1) is 0 Å². The topological polar surface area (TPSA) is 42.2 Å². The number of ether oxygens (including phenoxy) is 2. The molecule has 0 fully saturated rings. The molecule has 4 aromatic rings. The van der Waals surface area contributed by atoms with Crippen LogP contribution in [0.5, 0.6) is 11.5 Å². The third-order valence-corrected chi connectivity index (χ3v) is 5.05. The number of methoxy groups -OCH3 is 1. The van der Waals surface area contributed by atoms with Crippen LogP contribution in [0.4, 0.5) is 4.39 Å². The smallest absolute Gasteiger partial charge is 0.127 e. The zero-order valence-corrected chi connectivity index (χ0v) is 17.0. The highest BCUT2D eigenvalue weighted by Crippen LogP contribution is 2.32. The van der Waals surface area contributed by atoms with Crippen LogP contribution in [0.1, 0.15) is 16.7 Å². The Hall–Kier alpha value is -4.10. The van der Waals surface area contributed by atoms with Crippen molar-refractivity contribution in [1.82, 2.24) is 0 Å². The highest BCUT2D eigenvalue weighted by Gasteiger charge is 2.10. The summed E-state index contributed by atoms with van der Waals surface area (Å²) < 4.78 is 24.5. The first-order chi connectivity index (χ1) is 15.2. The van der Waals surface area contributed by atoms with Crippen LogP contribution in [0.2, 0.25) is 0 Å². The molecule has 0 aromatic heterocycles. The molecular formula is C27H20FNO2. The number of nitriles is 1. The van der Waals surface area contributed by atoms with Gasteiger partial charge in [0.15, 0.2) is 0 Å². The van der Waals surface area contributed by atoms with Gasteiger partial charge in [0.1, 0.15) is 23.9 Å². The molecule has 0 bridgehead atoms. The lowest BCUT2D eigenvalue weighted by Gasteiger charge is -2.13. The van der Waals surface area contributed by atoms with Crippen molar-refractivity contribution in [3.8, 4) is 17.6 Å². The molecule has 3 nitrogen and oxygen atoms in total. The summed E-state index contributed by atoms with van der Waals surface area (Å²) in [5.41, 5.74) is 3.00. The Kier molecular flexibility index (Phi) is 5.96. The summed E-state index contributed by atoms with van der Waals surface area (Å²) in [6, 6.07) is 27.8. The Morgan fingerprint density at radius 3 is 2.39 bits per heavy atom. The zero-order chi connectivity index (χ0) is 21.6. The van der Waals surface area contributed by atoms with E-state index in [1.807, 2.05) is 66.7 Å². The molecule has 0 aliphatic carbocycles. The van der Waals surface area contributed by atoms with Crippen LogP contribution < -0.4 is 9.47 Å². The van der Waals surface area contributed by atoms with Gasteiger partial charge in [-0.25, -0.2) is 4.39 Å². The average molecular weight is 409 g/mol. The van der Waals surface area contributed by atoms with E-state index in [1.165, 1.54) is 12.1 Å². The number of halogens is 1. The normalized spacial score (nSPS) is 11.2. The fourth-order valence-electron chi connectivity index (χ4n) is 3.39. The molecule has 4 aromatic carbocycles. The molecule has 4 heteroatoms. The van der Waals surface area contributed by atoms with Gasteiger partial charge in [0, 0.05) is 5.56 Å². The van der Waals surface area contributed by atoms with Gasteiger partial charge in [-0.2, -0.15) is 5.26 Å². The summed E-state index contributed by atoms with van der Waals surface area (Å²) >= 11 is 0. The second-order valence-electron chi connectivity index (χ2n) is 7.01. The van der Waals surface area contributed by atoms with Crippen molar-refractivity contribution >= 4 is 22.4 Å². The van der Waals surface area contributed by atoms with E-state index in [2.05, 4.69) is 6.07 Å². The van der Waals surface area contributed by atoms with Crippen molar-refractivity contribution in [2.24, 2.45) is 0 Å². The Bertz CT molecular complexity index is 1270. The van der Waals surface area contributed by atoms with Crippen LogP contribution in [0.25, 0.3) is 22.4 Å². The van der Waals surface area contributed by atoms with Crippen LogP contribution in [-0.4, -0.2) is 7.11 Å². The highest BCUT2D eigenvalue weighted by molar-refractivity contribution is 6.00. The minimum Gasteiger partial charge on any atom is -0.497 e. The van der Waals surface area contributed by atoms with E-state index in [0.717, 1.165) is 33.2 Å². The maximum Gasteiger partial charge on any atom is 0.127 e. The first-order valence-electron chi connectivity index (χ1n) is 9.83. The first-order valence-corrected chi connectivity index (χ1v) is 9.83. The van der Waals surface area contributed by atoms with Gasteiger partial charge in [0.05, 0.1) is 18.8 Å². The summed E-state index contributed by atoms with van der Waals surface area (Å²) in [6.45, 7) is 0.296. The van der Waals surface area contributed by atoms with Crippen molar-refractivity contribution in [2.75, 3.05) is 7.11 Å². The number of hydrogen-bond acceptors (Lipinski definition) is 3. The molecule has 4 rings (SSSR count). The average Bonchev–Trinajstić information content (AvgIpc) is 2.82. The molecule has 0 amide bonds. The van der Waals surface area contributed by atoms with Crippen molar-refractivity contribution in [2.45, 2.75) is 6.61 Å². The lowest BCUT2D eigenvalue weighted by molar-refractivity contribution is 0.306. The van der Waals surface area contributed by atoms with E-state index in [-0.39, 0.29) is 5.82 Å². The third-order valence-electron chi connectivity index (χ3n) is 5.05. The number of hydrogen-bond donors (Lipinski definition) is 0. The molecule has 0 saturated heterocycles.